The Hall–Kier alpha value is -4.13. The lowest BCUT2D eigenvalue weighted by Gasteiger charge is -2.12. The molecule has 7 nitrogen and oxygen atoms in total. The van der Waals surface area contributed by atoms with E-state index in [1.807, 2.05) is 60.7 Å². The molecule has 3 aromatic rings. The van der Waals surface area contributed by atoms with Crippen LogP contribution in [0.15, 0.2) is 66.7 Å². The Kier molecular flexibility index (Phi) is 11.4. The van der Waals surface area contributed by atoms with E-state index in [2.05, 4.69) is 12.2 Å². The second kappa shape index (κ2) is 15.2. The van der Waals surface area contributed by atoms with E-state index < -0.39 is 11.9 Å². The van der Waals surface area contributed by atoms with Crippen molar-refractivity contribution in [2.45, 2.75) is 51.4 Å². The van der Waals surface area contributed by atoms with Crippen LogP contribution in [0.5, 0.6) is 11.5 Å². The summed E-state index contributed by atoms with van der Waals surface area (Å²) in [4.78, 5) is 26.7. The van der Waals surface area contributed by atoms with Gasteiger partial charge >= 0.3 is 11.9 Å². The quantitative estimate of drug-likeness (QED) is 0.232. The third kappa shape index (κ3) is 10.1. The molecule has 0 unspecified atom stereocenters. The number of aryl methyl sites for hydroxylation is 3. The third-order valence-corrected chi connectivity index (χ3v) is 6.06. The van der Waals surface area contributed by atoms with E-state index in [1.54, 1.807) is 7.11 Å². The number of ether oxygens (including phenoxy) is 2. The van der Waals surface area contributed by atoms with Gasteiger partial charge in [-0.25, -0.2) is 0 Å². The van der Waals surface area contributed by atoms with Crippen molar-refractivity contribution in [1.82, 2.24) is 4.98 Å². The molecule has 0 aliphatic heterocycles. The zero-order chi connectivity index (χ0) is 27.2. The molecule has 0 aliphatic rings. The topological polar surface area (TPSA) is 106 Å². The van der Waals surface area contributed by atoms with Crippen molar-refractivity contribution in [1.29, 1.82) is 0 Å². The Morgan fingerprint density at radius 3 is 2.26 bits per heavy atom. The van der Waals surface area contributed by atoms with Gasteiger partial charge in [0.1, 0.15) is 11.5 Å². The second-order valence-corrected chi connectivity index (χ2v) is 9.05. The number of hydrogen-bond acceptors (Lipinski definition) is 5. The molecular formula is C31H35NO6. The molecule has 1 aromatic heterocycles. The van der Waals surface area contributed by atoms with E-state index in [0.29, 0.717) is 30.9 Å². The summed E-state index contributed by atoms with van der Waals surface area (Å²) in [6.07, 6.45) is 8.81. The summed E-state index contributed by atoms with van der Waals surface area (Å²) < 4.78 is 11.2. The number of benzene rings is 2. The van der Waals surface area contributed by atoms with Gasteiger partial charge in [0.25, 0.3) is 0 Å². The number of allylic oxidation sites excluding steroid dienone is 1. The van der Waals surface area contributed by atoms with Crippen molar-refractivity contribution in [3.63, 3.8) is 0 Å². The summed E-state index contributed by atoms with van der Waals surface area (Å²) in [6, 6.07) is 19.3. The lowest BCUT2D eigenvalue weighted by molar-refractivity contribution is -0.137. The molecule has 2 N–H and O–H groups in total. The minimum atomic E-state index is -0.867. The number of carboxylic acid groups (broad SMARTS) is 2. The van der Waals surface area contributed by atoms with Crippen LogP contribution in [0.25, 0.3) is 6.08 Å². The Balaban J connectivity index is 1.48. The van der Waals surface area contributed by atoms with Gasteiger partial charge in [0.2, 0.25) is 0 Å². The second-order valence-electron chi connectivity index (χ2n) is 9.05. The molecule has 0 saturated carbocycles. The molecule has 0 spiro atoms. The Labute approximate surface area is 223 Å². The maximum absolute atomic E-state index is 11.2. The van der Waals surface area contributed by atoms with E-state index in [4.69, 9.17) is 24.7 Å². The SMILES string of the molecule is COc1ccc(/C=C/CCCCOc2ccc(CCc3ccc(CC(=O)O)cc3)nc2CCC(=O)O)cc1. The van der Waals surface area contributed by atoms with E-state index in [0.717, 1.165) is 53.8 Å². The maximum Gasteiger partial charge on any atom is 0.307 e. The van der Waals surface area contributed by atoms with Gasteiger partial charge in [0, 0.05) is 12.1 Å². The maximum atomic E-state index is 11.2. The predicted molar refractivity (Wildman–Crippen MR) is 147 cm³/mol. The average molecular weight is 518 g/mol. The fraction of sp³-hybridized carbons (Fsp3) is 0.323. The lowest BCUT2D eigenvalue weighted by Crippen LogP contribution is -2.07. The summed E-state index contributed by atoms with van der Waals surface area (Å²) >= 11 is 0. The van der Waals surface area contributed by atoms with E-state index in [1.165, 1.54) is 0 Å². The summed E-state index contributed by atoms with van der Waals surface area (Å²) in [6.45, 7) is 0.542. The molecule has 200 valence electrons. The lowest BCUT2D eigenvalue weighted by atomic mass is 10.0. The standard InChI is InChI=1S/C31H35NO6/c1-37-27-16-12-23(13-17-27)6-4-2-3-5-21-38-29-19-15-26(32-28(29)18-20-30(33)34)14-11-24-7-9-25(10-8-24)22-31(35)36/h4,6-10,12-13,15-17,19H,2-3,5,11,14,18,20-22H2,1H3,(H,33,34)(H,35,36)/b6-4+. The number of aromatic nitrogens is 1. The van der Waals surface area contributed by atoms with E-state index in [9.17, 15) is 9.59 Å². The Morgan fingerprint density at radius 1 is 0.842 bits per heavy atom. The van der Waals surface area contributed by atoms with Crippen LogP contribution in [0.4, 0.5) is 0 Å². The monoisotopic (exact) mass is 517 g/mol. The number of unbranched alkanes of at least 4 members (excludes halogenated alkanes) is 2. The van der Waals surface area contributed by atoms with Crippen molar-refractivity contribution in [2.75, 3.05) is 13.7 Å². The van der Waals surface area contributed by atoms with Crippen LogP contribution >= 0.6 is 0 Å². The van der Waals surface area contributed by atoms with Gasteiger partial charge in [-0.05, 0) is 73.1 Å². The number of rotatable bonds is 16. The van der Waals surface area contributed by atoms with Crippen molar-refractivity contribution in [3.8, 4) is 11.5 Å². The molecule has 0 radical (unpaired) electrons. The highest BCUT2D eigenvalue weighted by Gasteiger charge is 2.10. The minimum Gasteiger partial charge on any atom is -0.497 e. The molecule has 0 atom stereocenters. The highest BCUT2D eigenvalue weighted by Crippen LogP contribution is 2.21. The summed E-state index contributed by atoms with van der Waals surface area (Å²) in [7, 11) is 1.65. The summed E-state index contributed by atoms with van der Waals surface area (Å²) in [5.74, 6) is -0.233. The highest BCUT2D eigenvalue weighted by atomic mass is 16.5. The van der Waals surface area contributed by atoms with Gasteiger partial charge in [0.15, 0.2) is 0 Å². The minimum absolute atomic E-state index is 0.00594. The number of pyridine rings is 1. The molecule has 1 heterocycles. The van der Waals surface area contributed by atoms with Crippen LogP contribution < -0.4 is 9.47 Å². The van der Waals surface area contributed by atoms with E-state index in [-0.39, 0.29) is 12.8 Å². The van der Waals surface area contributed by atoms with Crippen LogP contribution in [-0.4, -0.2) is 40.9 Å². The molecule has 0 amide bonds. The molecule has 0 bridgehead atoms. The average Bonchev–Trinajstić information content (AvgIpc) is 2.91. The first-order chi connectivity index (χ1) is 18.4. The molecule has 0 aliphatic carbocycles. The highest BCUT2D eigenvalue weighted by molar-refractivity contribution is 5.70. The van der Waals surface area contributed by atoms with Crippen LogP contribution in [-0.2, 0) is 35.3 Å². The van der Waals surface area contributed by atoms with Crippen molar-refractivity contribution in [2.24, 2.45) is 0 Å². The summed E-state index contributed by atoms with van der Waals surface area (Å²) in [5.41, 5.74) is 4.53. The number of hydrogen-bond donors (Lipinski definition) is 2. The van der Waals surface area contributed by atoms with Crippen molar-refractivity contribution < 1.29 is 29.3 Å². The number of aliphatic carboxylic acids is 2. The number of carboxylic acids is 2. The van der Waals surface area contributed by atoms with Crippen LogP contribution in [0, 0.1) is 0 Å². The van der Waals surface area contributed by atoms with Crippen LogP contribution in [0.2, 0.25) is 0 Å². The van der Waals surface area contributed by atoms with Gasteiger partial charge in [0.05, 0.1) is 32.3 Å². The fourth-order valence-electron chi connectivity index (χ4n) is 3.96. The zero-order valence-electron chi connectivity index (χ0n) is 21.8. The largest absolute Gasteiger partial charge is 0.497 e. The zero-order valence-corrected chi connectivity index (χ0v) is 21.8. The molecule has 7 heteroatoms. The smallest absolute Gasteiger partial charge is 0.307 e. The molecule has 2 aromatic carbocycles. The van der Waals surface area contributed by atoms with E-state index >= 15 is 0 Å². The fourth-order valence-corrected chi connectivity index (χ4v) is 3.96. The van der Waals surface area contributed by atoms with Crippen LogP contribution in [0.1, 0.15) is 53.8 Å². The van der Waals surface area contributed by atoms with Gasteiger partial charge in [-0.1, -0.05) is 48.6 Å². The summed E-state index contributed by atoms with van der Waals surface area (Å²) in [5, 5.41) is 18.1. The number of methoxy groups -OCH3 is 1. The molecular weight excluding hydrogens is 482 g/mol. The first-order valence-corrected chi connectivity index (χ1v) is 12.9. The van der Waals surface area contributed by atoms with Gasteiger partial charge in [-0.3, -0.25) is 14.6 Å². The van der Waals surface area contributed by atoms with Crippen LogP contribution in [0.3, 0.4) is 0 Å². The Bertz CT molecular complexity index is 1200. The first-order valence-electron chi connectivity index (χ1n) is 12.9. The molecule has 38 heavy (non-hydrogen) atoms. The normalized spacial score (nSPS) is 11.0. The number of nitrogens with zero attached hydrogens (tertiary/aromatic N) is 1. The van der Waals surface area contributed by atoms with Gasteiger partial charge in [-0.2, -0.15) is 0 Å². The van der Waals surface area contributed by atoms with Gasteiger partial charge < -0.3 is 19.7 Å². The molecule has 3 rings (SSSR count). The Morgan fingerprint density at radius 2 is 1.58 bits per heavy atom. The van der Waals surface area contributed by atoms with Crippen molar-refractivity contribution in [3.05, 3.63) is 94.8 Å². The molecule has 0 fully saturated rings. The molecule has 0 saturated heterocycles. The van der Waals surface area contributed by atoms with Gasteiger partial charge in [-0.15, -0.1) is 0 Å². The first kappa shape index (κ1) is 28.4. The predicted octanol–water partition coefficient (Wildman–Crippen LogP) is 5.78. The van der Waals surface area contributed by atoms with Crippen molar-refractivity contribution >= 4 is 18.0 Å². The number of carbonyl (C=O) groups is 2. The third-order valence-electron chi connectivity index (χ3n) is 6.06.